The number of aromatic hydroxyl groups is 1. The standard InChI is InChI=1S/C16H14BrClN2O3/c1-10-2-4-13(5-3-10)23-9-15(21)20-19-8-11-6-12(17)7-14(18)16(11)22/h2-8,22H,9H2,1H3,(H,20,21). The molecular formula is C16H14BrClN2O3. The van der Waals surface area contributed by atoms with Gasteiger partial charge in [0.2, 0.25) is 0 Å². The molecule has 0 saturated heterocycles. The molecule has 0 aliphatic rings. The number of nitrogens with one attached hydrogen (secondary N) is 1. The Morgan fingerprint density at radius 2 is 2.09 bits per heavy atom. The summed E-state index contributed by atoms with van der Waals surface area (Å²) in [4.78, 5) is 11.6. The molecule has 120 valence electrons. The van der Waals surface area contributed by atoms with Crippen molar-refractivity contribution in [3.63, 3.8) is 0 Å². The molecule has 0 heterocycles. The van der Waals surface area contributed by atoms with Gasteiger partial charge in [-0.2, -0.15) is 5.10 Å². The van der Waals surface area contributed by atoms with E-state index in [2.05, 4.69) is 26.5 Å². The maximum atomic E-state index is 11.6. The molecule has 2 aromatic rings. The van der Waals surface area contributed by atoms with E-state index in [1.165, 1.54) is 6.21 Å². The molecule has 0 saturated carbocycles. The molecule has 2 N–H and O–H groups in total. The minimum Gasteiger partial charge on any atom is -0.506 e. The average molecular weight is 398 g/mol. The van der Waals surface area contributed by atoms with E-state index in [1.54, 1.807) is 24.3 Å². The van der Waals surface area contributed by atoms with E-state index in [-0.39, 0.29) is 17.4 Å². The maximum Gasteiger partial charge on any atom is 0.277 e. The first-order chi connectivity index (χ1) is 11.0. The Labute approximate surface area is 147 Å². The Balaban J connectivity index is 1.88. The van der Waals surface area contributed by atoms with Gasteiger partial charge in [-0.3, -0.25) is 4.79 Å². The second kappa shape index (κ2) is 7.99. The third-order valence-electron chi connectivity index (χ3n) is 2.84. The molecule has 2 aromatic carbocycles. The molecule has 5 nitrogen and oxygen atoms in total. The topological polar surface area (TPSA) is 70.9 Å². The van der Waals surface area contributed by atoms with Crippen molar-refractivity contribution in [2.24, 2.45) is 5.10 Å². The van der Waals surface area contributed by atoms with Crippen LogP contribution in [-0.4, -0.2) is 23.8 Å². The van der Waals surface area contributed by atoms with Crippen LogP contribution >= 0.6 is 27.5 Å². The lowest BCUT2D eigenvalue weighted by Gasteiger charge is -2.05. The van der Waals surface area contributed by atoms with Crippen molar-refractivity contribution < 1.29 is 14.6 Å². The summed E-state index contributed by atoms with van der Waals surface area (Å²) >= 11 is 9.10. The summed E-state index contributed by atoms with van der Waals surface area (Å²) in [6.45, 7) is 1.81. The summed E-state index contributed by atoms with van der Waals surface area (Å²) < 4.78 is 6.01. The number of amides is 1. The fraction of sp³-hybridized carbons (Fsp3) is 0.125. The zero-order valence-corrected chi connectivity index (χ0v) is 14.6. The van der Waals surface area contributed by atoms with Gasteiger partial charge in [0, 0.05) is 10.0 Å². The number of hydrogen-bond donors (Lipinski definition) is 2. The number of benzene rings is 2. The number of carbonyl (C=O) groups is 1. The van der Waals surface area contributed by atoms with Crippen molar-refractivity contribution >= 4 is 39.7 Å². The van der Waals surface area contributed by atoms with E-state index in [9.17, 15) is 9.90 Å². The molecule has 0 unspecified atom stereocenters. The summed E-state index contributed by atoms with van der Waals surface area (Å²) in [5.74, 6) is 0.0809. The highest BCUT2D eigenvalue weighted by molar-refractivity contribution is 9.10. The molecular weight excluding hydrogens is 384 g/mol. The van der Waals surface area contributed by atoms with Gasteiger partial charge in [-0.15, -0.1) is 0 Å². The van der Waals surface area contributed by atoms with Crippen LogP contribution in [0.4, 0.5) is 0 Å². The summed E-state index contributed by atoms with van der Waals surface area (Å²) in [7, 11) is 0. The number of carbonyl (C=O) groups excluding carboxylic acids is 1. The lowest BCUT2D eigenvalue weighted by molar-refractivity contribution is -0.123. The van der Waals surface area contributed by atoms with E-state index in [1.807, 2.05) is 19.1 Å². The third kappa shape index (κ3) is 5.26. The summed E-state index contributed by atoms with van der Waals surface area (Å²) in [6.07, 6.45) is 1.30. The van der Waals surface area contributed by atoms with Gasteiger partial charge in [0.05, 0.1) is 11.2 Å². The number of nitrogens with zero attached hydrogens (tertiary/aromatic N) is 1. The summed E-state index contributed by atoms with van der Waals surface area (Å²) in [6, 6.07) is 10.5. The molecule has 0 bridgehead atoms. The van der Waals surface area contributed by atoms with Crippen molar-refractivity contribution in [1.29, 1.82) is 0 Å². The monoisotopic (exact) mass is 396 g/mol. The number of halogens is 2. The molecule has 0 radical (unpaired) electrons. The highest BCUT2D eigenvalue weighted by Gasteiger charge is 2.06. The van der Waals surface area contributed by atoms with Crippen molar-refractivity contribution in [1.82, 2.24) is 5.43 Å². The maximum absolute atomic E-state index is 11.6. The van der Waals surface area contributed by atoms with Gasteiger partial charge in [0.15, 0.2) is 6.61 Å². The lowest BCUT2D eigenvalue weighted by atomic mass is 10.2. The van der Waals surface area contributed by atoms with Gasteiger partial charge in [-0.25, -0.2) is 5.43 Å². The second-order valence-electron chi connectivity index (χ2n) is 4.72. The van der Waals surface area contributed by atoms with Crippen molar-refractivity contribution in [3.05, 3.63) is 57.0 Å². The van der Waals surface area contributed by atoms with Crippen LogP contribution in [0.1, 0.15) is 11.1 Å². The molecule has 2 rings (SSSR count). The zero-order valence-electron chi connectivity index (χ0n) is 12.2. The average Bonchev–Trinajstić information content (AvgIpc) is 2.51. The number of phenols is 1. The highest BCUT2D eigenvalue weighted by atomic mass is 79.9. The first-order valence-electron chi connectivity index (χ1n) is 6.65. The number of hydrazone groups is 1. The van der Waals surface area contributed by atoms with Crippen LogP contribution in [0.15, 0.2) is 46.0 Å². The minimum atomic E-state index is -0.414. The number of phenolic OH excluding ortho intramolecular Hbond substituents is 1. The van der Waals surface area contributed by atoms with Crippen molar-refractivity contribution in [3.8, 4) is 11.5 Å². The van der Waals surface area contributed by atoms with Gasteiger partial charge in [-0.05, 0) is 31.2 Å². The molecule has 0 aromatic heterocycles. The number of ether oxygens (including phenoxy) is 1. The first kappa shape index (κ1) is 17.3. The van der Waals surface area contributed by atoms with Gasteiger partial charge >= 0.3 is 0 Å². The van der Waals surface area contributed by atoms with Crippen LogP contribution in [-0.2, 0) is 4.79 Å². The molecule has 0 spiro atoms. The molecule has 7 heteroatoms. The number of rotatable bonds is 5. The molecule has 0 atom stereocenters. The lowest BCUT2D eigenvalue weighted by Crippen LogP contribution is -2.24. The normalized spacial score (nSPS) is 10.7. The summed E-state index contributed by atoms with van der Waals surface area (Å²) in [5, 5.41) is 13.7. The second-order valence-corrected chi connectivity index (χ2v) is 6.04. The zero-order chi connectivity index (χ0) is 16.8. The minimum absolute atomic E-state index is 0.108. The van der Waals surface area contributed by atoms with E-state index in [0.717, 1.165) is 5.56 Å². The first-order valence-corrected chi connectivity index (χ1v) is 7.82. The van der Waals surface area contributed by atoms with Gasteiger partial charge in [0.1, 0.15) is 11.5 Å². The Morgan fingerprint density at radius 3 is 2.78 bits per heavy atom. The Kier molecular flexibility index (Phi) is 6.01. The smallest absolute Gasteiger partial charge is 0.277 e. The highest BCUT2D eigenvalue weighted by Crippen LogP contribution is 2.30. The Morgan fingerprint density at radius 1 is 1.39 bits per heavy atom. The predicted octanol–water partition coefficient (Wildman–Crippen LogP) is 3.65. The van der Waals surface area contributed by atoms with Gasteiger partial charge in [-0.1, -0.05) is 45.2 Å². The van der Waals surface area contributed by atoms with E-state index in [0.29, 0.717) is 15.8 Å². The van der Waals surface area contributed by atoms with Gasteiger partial charge in [0.25, 0.3) is 5.91 Å². The van der Waals surface area contributed by atoms with Crippen LogP contribution in [0.5, 0.6) is 11.5 Å². The van der Waals surface area contributed by atoms with Crippen molar-refractivity contribution in [2.75, 3.05) is 6.61 Å². The number of aryl methyl sites for hydroxylation is 1. The Bertz CT molecular complexity index is 733. The van der Waals surface area contributed by atoms with Crippen LogP contribution in [0.2, 0.25) is 5.02 Å². The van der Waals surface area contributed by atoms with Crippen LogP contribution in [0.25, 0.3) is 0 Å². The fourth-order valence-corrected chi connectivity index (χ4v) is 2.51. The molecule has 23 heavy (non-hydrogen) atoms. The largest absolute Gasteiger partial charge is 0.506 e. The molecule has 1 amide bonds. The van der Waals surface area contributed by atoms with E-state index in [4.69, 9.17) is 16.3 Å². The van der Waals surface area contributed by atoms with E-state index >= 15 is 0 Å². The van der Waals surface area contributed by atoms with Crippen molar-refractivity contribution in [2.45, 2.75) is 6.92 Å². The molecule has 0 aliphatic heterocycles. The quantitative estimate of drug-likeness (QED) is 0.598. The summed E-state index contributed by atoms with van der Waals surface area (Å²) in [5.41, 5.74) is 3.80. The third-order valence-corrected chi connectivity index (χ3v) is 3.59. The van der Waals surface area contributed by atoms with E-state index < -0.39 is 5.91 Å². The van der Waals surface area contributed by atoms with Crippen LogP contribution < -0.4 is 10.2 Å². The Hall–Kier alpha value is -2.05. The number of hydrogen-bond acceptors (Lipinski definition) is 4. The van der Waals surface area contributed by atoms with Crippen LogP contribution in [0.3, 0.4) is 0 Å². The predicted molar refractivity (Wildman–Crippen MR) is 93.2 cm³/mol. The van der Waals surface area contributed by atoms with Gasteiger partial charge < -0.3 is 9.84 Å². The molecule has 0 fully saturated rings. The molecule has 0 aliphatic carbocycles. The van der Waals surface area contributed by atoms with Crippen LogP contribution in [0, 0.1) is 6.92 Å². The fourth-order valence-electron chi connectivity index (χ4n) is 1.67. The SMILES string of the molecule is Cc1ccc(OCC(=O)NN=Cc2cc(Br)cc(Cl)c2O)cc1.